The Labute approximate surface area is 156 Å². The number of nitrogens with one attached hydrogen (secondary N) is 1. The first-order valence-electron chi connectivity index (χ1n) is 8.83. The number of aryl methyl sites for hydroxylation is 1. The maximum Gasteiger partial charge on any atom is 0.250 e. The van der Waals surface area contributed by atoms with Crippen LogP contribution in [0.15, 0.2) is 43.2 Å². The molecule has 1 saturated heterocycles. The van der Waals surface area contributed by atoms with E-state index in [2.05, 4.69) is 16.7 Å². The number of primary amides is 1. The monoisotopic (exact) mass is 363 g/mol. The second-order valence-electron chi connectivity index (χ2n) is 6.91. The Morgan fingerprint density at radius 1 is 1.41 bits per heavy atom. The number of aromatic amines is 1. The van der Waals surface area contributed by atoms with Gasteiger partial charge in [0.1, 0.15) is 0 Å². The van der Waals surface area contributed by atoms with Crippen molar-refractivity contribution >= 4 is 22.7 Å². The van der Waals surface area contributed by atoms with Crippen LogP contribution >= 0.6 is 0 Å². The molecular weight excluding hydrogens is 342 g/mol. The van der Waals surface area contributed by atoms with E-state index in [1.54, 1.807) is 21.8 Å². The van der Waals surface area contributed by atoms with E-state index in [0.29, 0.717) is 18.7 Å². The Hall–Kier alpha value is -3.35. The summed E-state index contributed by atoms with van der Waals surface area (Å²) in [6.07, 6.45) is 5.91. The highest BCUT2D eigenvalue weighted by atomic mass is 16.2. The summed E-state index contributed by atoms with van der Waals surface area (Å²) in [5.74, 6) is -0.315. The van der Waals surface area contributed by atoms with Crippen LogP contribution in [0.2, 0.25) is 0 Å². The van der Waals surface area contributed by atoms with Crippen LogP contribution in [-0.2, 0) is 11.8 Å². The van der Waals surface area contributed by atoms with Gasteiger partial charge in [-0.1, -0.05) is 12.6 Å². The highest BCUT2D eigenvalue weighted by molar-refractivity contribution is 6.07. The minimum Gasteiger partial charge on any atom is -0.366 e. The van der Waals surface area contributed by atoms with Crippen molar-refractivity contribution in [1.29, 1.82) is 0 Å². The summed E-state index contributed by atoms with van der Waals surface area (Å²) in [5, 5.41) is 5.17. The van der Waals surface area contributed by atoms with Crippen molar-refractivity contribution < 1.29 is 9.59 Å². The van der Waals surface area contributed by atoms with E-state index in [1.807, 2.05) is 25.4 Å². The molecular formula is C20H21N5O2. The highest BCUT2D eigenvalue weighted by Gasteiger charge is 2.28. The SMILES string of the molecule is C=CC(=O)N1CC[C@@H](c2ccc(C(N)=O)c3[nH]c(-c4cnn(C)c4)cc23)C1. The van der Waals surface area contributed by atoms with Crippen LogP contribution in [0.1, 0.15) is 28.3 Å². The molecule has 27 heavy (non-hydrogen) atoms. The Kier molecular flexibility index (Phi) is 4.07. The molecule has 0 unspecified atom stereocenters. The molecule has 0 aliphatic carbocycles. The molecule has 1 aliphatic rings. The molecule has 138 valence electrons. The van der Waals surface area contributed by atoms with E-state index >= 15 is 0 Å². The van der Waals surface area contributed by atoms with Crippen molar-refractivity contribution in [2.75, 3.05) is 13.1 Å². The first kappa shape index (κ1) is 17.1. The molecule has 0 spiro atoms. The molecule has 1 atom stereocenters. The van der Waals surface area contributed by atoms with E-state index in [1.165, 1.54) is 6.08 Å². The summed E-state index contributed by atoms with van der Waals surface area (Å²) in [6.45, 7) is 4.91. The van der Waals surface area contributed by atoms with Gasteiger partial charge >= 0.3 is 0 Å². The van der Waals surface area contributed by atoms with Crippen molar-refractivity contribution in [2.45, 2.75) is 12.3 Å². The van der Waals surface area contributed by atoms with Crippen LogP contribution in [0.3, 0.4) is 0 Å². The number of aromatic nitrogens is 3. The van der Waals surface area contributed by atoms with Gasteiger partial charge in [-0.25, -0.2) is 0 Å². The van der Waals surface area contributed by atoms with E-state index in [9.17, 15) is 9.59 Å². The van der Waals surface area contributed by atoms with Gasteiger partial charge in [-0.05, 0) is 30.2 Å². The van der Waals surface area contributed by atoms with Gasteiger partial charge < -0.3 is 15.6 Å². The molecule has 2 aromatic heterocycles. The lowest BCUT2D eigenvalue weighted by Crippen LogP contribution is -2.26. The molecule has 3 heterocycles. The quantitative estimate of drug-likeness (QED) is 0.695. The average Bonchev–Trinajstić information content (AvgIpc) is 3.38. The summed E-state index contributed by atoms with van der Waals surface area (Å²) >= 11 is 0. The number of amides is 2. The Bertz CT molecular complexity index is 1060. The smallest absolute Gasteiger partial charge is 0.250 e. The first-order valence-corrected chi connectivity index (χ1v) is 8.83. The van der Waals surface area contributed by atoms with Gasteiger partial charge in [-0.2, -0.15) is 5.10 Å². The fourth-order valence-electron chi connectivity index (χ4n) is 3.86. The number of hydrogen-bond acceptors (Lipinski definition) is 3. The summed E-state index contributed by atoms with van der Waals surface area (Å²) in [4.78, 5) is 29.0. The average molecular weight is 363 g/mol. The van der Waals surface area contributed by atoms with Gasteiger partial charge in [-0.15, -0.1) is 0 Å². The maximum atomic E-state index is 11.9. The van der Waals surface area contributed by atoms with E-state index in [4.69, 9.17) is 5.73 Å². The van der Waals surface area contributed by atoms with E-state index in [0.717, 1.165) is 34.1 Å². The van der Waals surface area contributed by atoms with Crippen LogP contribution in [0.4, 0.5) is 0 Å². The summed E-state index contributed by atoms with van der Waals surface area (Å²) < 4.78 is 1.73. The zero-order valence-corrected chi connectivity index (χ0v) is 15.1. The van der Waals surface area contributed by atoms with Gasteiger partial charge in [-0.3, -0.25) is 14.3 Å². The summed E-state index contributed by atoms with van der Waals surface area (Å²) in [5.41, 5.74) is 9.69. The number of nitrogens with two attached hydrogens (primary N) is 1. The van der Waals surface area contributed by atoms with Crippen LogP contribution in [0.25, 0.3) is 22.2 Å². The molecule has 7 nitrogen and oxygen atoms in total. The topological polar surface area (TPSA) is 97.0 Å². The lowest BCUT2D eigenvalue weighted by molar-refractivity contribution is -0.125. The molecule has 1 aromatic carbocycles. The third kappa shape index (κ3) is 2.91. The zero-order chi connectivity index (χ0) is 19.1. The third-order valence-corrected chi connectivity index (χ3v) is 5.22. The van der Waals surface area contributed by atoms with Crippen LogP contribution in [-0.4, -0.2) is 44.6 Å². The van der Waals surface area contributed by atoms with E-state index < -0.39 is 5.91 Å². The number of fused-ring (bicyclic) bond motifs is 1. The number of likely N-dealkylation sites (tertiary alicyclic amines) is 1. The predicted molar refractivity (Wildman–Crippen MR) is 103 cm³/mol. The number of hydrogen-bond donors (Lipinski definition) is 2. The standard InChI is InChI=1S/C20H21N5O2/c1-3-18(26)25-7-6-12(11-25)14-4-5-15(20(21)27)19-16(14)8-17(23-19)13-9-22-24(2)10-13/h3-5,8-10,12,23H,1,6-7,11H2,2H3,(H2,21,27)/t12-/m1/s1. The zero-order valence-electron chi connectivity index (χ0n) is 15.1. The normalized spacial score (nSPS) is 16.8. The van der Waals surface area contributed by atoms with Gasteiger partial charge in [0.05, 0.1) is 17.3 Å². The molecule has 3 aromatic rings. The molecule has 1 aliphatic heterocycles. The summed E-state index contributed by atoms with van der Waals surface area (Å²) in [7, 11) is 1.86. The first-order chi connectivity index (χ1) is 13.0. The van der Waals surface area contributed by atoms with Crippen molar-refractivity contribution in [3.63, 3.8) is 0 Å². The van der Waals surface area contributed by atoms with Gasteiger partial charge in [0.2, 0.25) is 5.91 Å². The Balaban J connectivity index is 1.81. The number of benzene rings is 1. The fourth-order valence-corrected chi connectivity index (χ4v) is 3.86. The summed E-state index contributed by atoms with van der Waals surface area (Å²) in [6, 6.07) is 5.75. The molecule has 3 N–H and O–H groups in total. The van der Waals surface area contributed by atoms with Crippen LogP contribution in [0.5, 0.6) is 0 Å². The molecule has 2 amide bonds. The largest absolute Gasteiger partial charge is 0.366 e. The van der Waals surface area contributed by atoms with Crippen molar-refractivity contribution in [1.82, 2.24) is 19.7 Å². The lowest BCUT2D eigenvalue weighted by Gasteiger charge is -2.15. The maximum absolute atomic E-state index is 11.9. The molecule has 0 radical (unpaired) electrons. The molecule has 7 heteroatoms. The third-order valence-electron chi connectivity index (χ3n) is 5.22. The highest BCUT2D eigenvalue weighted by Crippen LogP contribution is 2.36. The van der Waals surface area contributed by atoms with Crippen molar-refractivity contribution in [3.05, 3.63) is 54.4 Å². The second-order valence-corrected chi connectivity index (χ2v) is 6.91. The molecule has 0 saturated carbocycles. The lowest BCUT2D eigenvalue weighted by atomic mass is 9.93. The minimum atomic E-state index is -0.471. The number of rotatable bonds is 4. The van der Waals surface area contributed by atoms with Gasteiger partial charge in [0, 0.05) is 48.9 Å². The number of carbonyl (C=O) groups excluding carboxylic acids is 2. The molecule has 4 rings (SSSR count). The Morgan fingerprint density at radius 3 is 2.89 bits per heavy atom. The number of nitrogens with zero attached hydrogens (tertiary/aromatic N) is 3. The second kappa shape index (κ2) is 6.42. The predicted octanol–water partition coefficient (Wildman–Crippen LogP) is 2.17. The number of carbonyl (C=O) groups is 2. The fraction of sp³-hybridized carbons (Fsp3) is 0.250. The van der Waals surface area contributed by atoms with Crippen LogP contribution < -0.4 is 5.73 Å². The number of H-pyrrole nitrogens is 1. The van der Waals surface area contributed by atoms with E-state index in [-0.39, 0.29) is 11.8 Å². The van der Waals surface area contributed by atoms with Gasteiger partial charge in [0.15, 0.2) is 0 Å². The van der Waals surface area contributed by atoms with Crippen LogP contribution in [0, 0.1) is 0 Å². The van der Waals surface area contributed by atoms with Gasteiger partial charge in [0.25, 0.3) is 5.91 Å². The van der Waals surface area contributed by atoms with Crippen molar-refractivity contribution in [3.8, 4) is 11.3 Å². The Morgan fingerprint density at radius 2 is 2.22 bits per heavy atom. The van der Waals surface area contributed by atoms with Crippen molar-refractivity contribution in [2.24, 2.45) is 12.8 Å². The minimum absolute atomic E-state index is 0.0485. The molecule has 0 bridgehead atoms. The molecule has 1 fully saturated rings.